The van der Waals surface area contributed by atoms with Gasteiger partial charge in [0.1, 0.15) is 0 Å². The van der Waals surface area contributed by atoms with Crippen molar-refractivity contribution in [2.75, 3.05) is 24.3 Å². The summed E-state index contributed by atoms with van der Waals surface area (Å²) in [6.45, 7) is 1.94. The molecule has 0 unspecified atom stereocenters. The van der Waals surface area contributed by atoms with E-state index in [1.165, 1.54) is 0 Å². The molecule has 0 aliphatic heterocycles. The Morgan fingerprint density at radius 3 is 2.05 bits per heavy atom. The molecule has 0 heterocycles. The first-order valence-electron chi connectivity index (χ1n) is 6.92. The topological polar surface area (TPSA) is 61.4 Å². The second kappa shape index (κ2) is 6.76. The molecule has 0 radical (unpaired) electrons. The van der Waals surface area contributed by atoms with Crippen molar-refractivity contribution in [3.63, 3.8) is 0 Å². The first kappa shape index (κ1) is 15.6. The number of amides is 3. The lowest BCUT2D eigenvalue weighted by Crippen LogP contribution is -2.34. The van der Waals surface area contributed by atoms with Crippen LogP contribution in [-0.4, -0.2) is 26.0 Å². The molecule has 0 bridgehead atoms. The Kier molecular flexibility index (Phi) is 4.78. The molecule has 0 aliphatic carbocycles. The van der Waals surface area contributed by atoms with Crippen molar-refractivity contribution in [3.05, 3.63) is 59.7 Å². The number of imide groups is 1. The average Bonchev–Trinajstić information content (AvgIpc) is 2.48. The number of benzene rings is 2. The summed E-state index contributed by atoms with van der Waals surface area (Å²) < 4.78 is 0. The standard InChI is InChI=1S/C17H19N3O2/c1-12-4-6-13(7-5-12)16(21)19-17(22)18-14-8-10-15(11-9-14)20(2)3/h4-11H,1-3H3,(H2,18,19,21,22). The van der Waals surface area contributed by atoms with E-state index >= 15 is 0 Å². The summed E-state index contributed by atoms with van der Waals surface area (Å²) in [5, 5.41) is 4.93. The molecule has 3 amide bonds. The van der Waals surface area contributed by atoms with Crippen LogP contribution >= 0.6 is 0 Å². The minimum absolute atomic E-state index is 0.428. The van der Waals surface area contributed by atoms with Crippen LogP contribution in [0.4, 0.5) is 16.2 Å². The summed E-state index contributed by atoms with van der Waals surface area (Å²) in [5.41, 5.74) is 3.16. The van der Waals surface area contributed by atoms with Crippen LogP contribution in [0.1, 0.15) is 15.9 Å². The Balaban J connectivity index is 1.94. The largest absolute Gasteiger partial charge is 0.378 e. The van der Waals surface area contributed by atoms with Gasteiger partial charge < -0.3 is 10.2 Å². The van der Waals surface area contributed by atoms with Crippen LogP contribution in [0.3, 0.4) is 0 Å². The van der Waals surface area contributed by atoms with E-state index in [-0.39, 0.29) is 0 Å². The fourth-order valence-electron chi connectivity index (χ4n) is 1.89. The van der Waals surface area contributed by atoms with E-state index in [0.717, 1.165) is 11.3 Å². The number of anilines is 2. The number of hydrogen-bond donors (Lipinski definition) is 2. The molecule has 0 aromatic heterocycles. The first-order chi connectivity index (χ1) is 10.5. The summed E-state index contributed by atoms with van der Waals surface area (Å²) in [6.07, 6.45) is 0. The molecule has 2 aromatic carbocycles. The summed E-state index contributed by atoms with van der Waals surface area (Å²) in [6, 6.07) is 13.8. The van der Waals surface area contributed by atoms with Gasteiger partial charge in [0.2, 0.25) is 0 Å². The van der Waals surface area contributed by atoms with Crippen LogP contribution in [0.15, 0.2) is 48.5 Å². The Morgan fingerprint density at radius 1 is 0.909 bits per heavy atom. The molecule has 0 spiro atoms. The number of urea groups is 1. The SMILES string of the molecule is Cc1ccc(C(=O)NC(=O)Nc2ccc(N(C)C)cc2)cc1. The number of nitrogens with zero attached hydrogens (tertiary/aromatic N) is 1. The summed E-state index contributed by atoms with van der Waals surface area (Å²) in [4.78, 5) is 25.7. The zero-order chi connectivity index (χ0) is 16.1. The van der Waals surface area contributed by atoms with Crippen LogP contribution in [0.2, 0.25) is 0 Å². The number of carbonyl (C=O) groups excluding carboxylic acids is 2. The summed E-state index contributed by atoms with van der Waals surface area (Å²) in [5.74, 6) is -0.428. The van der Waals surface area contributed by atoms with Gasteiger partial charge in [0, 0.05) is 31.0 Å². The van der Waals surface area contributed by atoms with Gasteiger partial charge in [-0.05, 0) is 43.3 Å². The lowest BCUT2D eigenvalue weighted by atomic mass is 10.1. The van der Waals surface area contributed by atoms with Gasteiger partial charge in [-0.15, -0.1) is 0 Å². The average molecular weight is 297 g/mol. The normalized spacial score (nSPS) is 9.95. The Morgan fingerprint density at radius 2 is 1.50 bits per heavy atom. The van der Waals surface area contributed by atoms with E-state index in [4.69, 9.17) is 0 Å². The Hall–Kier alpha value is -2.82. The number of hydrogen-bond acceptors (Lipinski definition) is 3. The van der Waals surface area contributed by atoms with E-state index in [9.17, 15) is 9.59 Å². The van der Waals surface area contributed by atoms with Gasteiger partial charge in [0.05, 0.1) is 0 Å². The molecule has 0 fully saturated rings. The predicted molar refractivity (Wildman–Crippen MR) is 88.4 cm³/mol. The second-order valence-corrected chi connectivity index (χ2v) is 5.22. The molecule has 114 valence electrons. The van der Waals surface area contributed by atoms with Crippen LogP contribution < -0.4 is 15.5 Å². The molecule has 5 heteroatoms. The molecule has 2 aromatic rings. The quantitative estimate of drug-likeness (QED) is 0.915. The third kappa shape index (κ3) is 4.09. The van der Waals surface area contributed by atoms with Gasteiger partial charge >= 0.3 is 6.03 Å². The monoisotopic (exact) mass is 297 g/mol. The highest BCUT2D eigenvalue weighted by Gasteiger charge is 2.10. The molecular weight excluding hydrogens is 278 g/mol. The van der Waals surface area contributed by atoms with Crippen molar-refractivity contribution >= 4 is 23.3 Å². The minimum atomic E-state index is -0.553. The number of aryl methyl sites for hydroxylation is 1. The molecular formula is C17H19N3O2. The lowest BCUT2D eigenvalue weighted by molar-refractivity contribution is 0.0967. The maximum Gasteiger partial charge on any atom is 0.326 e. The second-order valence-electron chi connectivity index (χ2n) is 5.22. The van der Waals surface area contributed by atoms with Crippen molar-refractivity contribution < 1.29 is 9.59 Å². The number of rotatable bonds is 3. The van der Waals surface area contributed by atoms with Crippen LogP contribution in [0.25, 0.3) is 0 Å². The van der Waals surface area contributed by atoms with Crippen molar-refractivity contribution in [1.82, 2.24) is 5.32 Å². The van der Waals surface area contributed by atoms with E-state index in [1.54, 1.807) is 24.3 Å². The van der Waals surface area contributed by atoms with Gasteiger partial charge in [0.15, 0.2) is 0 Å². The van der Waals surface area contributed by atoms with Crippen molar-refractivity contribution in [2.45, 2.75) is 6.92 Å². The van der Waals surface area contributed by atoms with E-state index in [1.807, 2.05) is 50.2 Å². The van der Waals surface area contributed by atoms with Gasteiger partial charge in [-0.25, -0.2) is 4.79 Å². The fourth-order valence-corrected chi connectivity index (χ4v) is 1.89. The maximum absolute atomic E-state index is 11.9. The minimum Gasteiger partial charge on any atom is -0.378 e. The van der Waals surface area contributed by atoms with E-state index in [2.05, 4.69) is 10.6 Å². The zero-order valence-electron chi connectivity index (χ0n) is 12.9. The first-order valence-corrected chi connectivity index (χ1v) is 6.92. The molecule has 2 rings (SSSR count). The molecule has 0 atom stereocenters. The van der Waals surface area contributed by atoms with Crippen LogP contribution in [0.5, 0.6) is 0 Å². The zero-order valence-corrected chi connectivity index (χ0v) is 12.9. The molecule has 22 heavy (non-hydrogen) atoms. The maximum atomic E-state index is 11.9. The predicted octanol–water partition coefficient (Wildman–Crippen LogP) is 3.02. The number of carbonyl (C=O) groups is 2. The van der Waals surface area contributed by atoms with Crippen molar-refractivity contribution in [2.24, 2.45) is 0 Å². The number of nitrogens with one attached hydrogen (secondary N) is 2. The summed E-state index contributed by atoms with van der Waals surface area (Å²) in [7, 11) is 3.88. The van der Waals surface area contributed by atoms with Gasteiger partial charge in [-0.1, -0.05) is 17.7 Å². The lowest BCUT2D eigenvalue weighted by Gasteiger charge is -2.13. The highest BCUT2D eigenvalue weighted by molar-refractivity contribution is 6.07. The highest BCUT2D eigenvalue weighted by atomic mass is 16.2. The molecule has 2 N–H and O–H groups in total. The van der Waals surface area contributed by atoms with Gasteiger partial charge in [0.25, 0.3) is 5.91 Å². The Labute approximate surface area is 129 Å². The van der Waals surface area contributed by atoms with Gasteiger partial charge in [-0.3, -0.25) is 10.1 Å². The molecule has 0 aliphatic rings. The van der Waals surface area contributed by atoms with Crippen molar-refractivity contribution in [3.8, 4) is 0 Å². The highest BCUT2D eigenvalue weighted by Crippen LogP contribution is 2.15. The van der Waals surface area contributed by atoms with Gasteiger partial charge in [-0.2, -0.15) is 0 Å². The van der Waals surface area contributed by atoms with E-state index < -0.39 is 11.9 Å². The fraction of sp³-hybridized carbons (Fsp3) is 0.176. The van der Waals surface area contributed by atoms with Crippen molar-refractivity contribution in [1.29, 1.82) is 0 Å². The molecule has 0 saturated heterocycles. The third-order valence-electron chi connectivity index (χ3n) is 3.18. The smallest absolute Gasteiger partial charge is 0.326 e. The third-order valence-corrected chi connectivity index (χ3v) is 3.18. The van der Waals surface area contributed by atoms with E-state index in [0.29, 0.717) is 11.3 Å². The summed E-state index contributed by atoms with van der Waals surface area (Å²) >= 11 is 0. The molecule has 5 nitrogen and oxygen atoms in total. The molecule has 0 saturated carbocycles. The van der Waals surface area contributed by atoms with Crippen LogP contribution in [0, 0.1) is 6.92 Å². The van der Waals surface area contributed by atoms with Crippen LogP contribution in [-0.2, 0) is 0 Å². The Bertz CT molecular complexity index is 661.